The highest BCUT2D eigenvalue weighted by atomic mass is 35.5. The van der Waals surface area contributed by atoms with E-state index in [1.54, 1.807) is 36.4 Å². The van der Waals surface area contributed by atoms with Gasteiger partial charge in [0, 0.05) is 16.7 Å². The molecule has 0 unspecified atom stereocenters. The summed E-state index contributed by atoms with van der Waals surface area (Å²) < 4.78 is 44.7. The van der Waals surface area contributed by atoms with Gasteiger partial charge in [-0.15, -0.1) is 0 Å². The summed E-state index contributed by atoms with van der Waals surface area (Å²) in [6.07, 6.45) is 0. The summed E-state index contributed by atoms with van der Waals surface area (Å²) in [5.41, 5.74) is 0.833. The van der Waals surface area contributed by atoms with E-state index >= 15 is 0 Å². The first-order valence-electron chi connectivity index (χ1n) is 9.53. The van der Waals surface area contributed by atoms with Crippen LogP contribution in [0.15, 0.2) is 65.6 Å². The Morgan fingerprint density at radius 1 is 1.00 bits per heavy atom. The van der Waals surface area contributed by atoms with Gasteiger partial charge in [0.2, 0.25) is 0 Å². The van der Waals surface area contributed by atoms with Gasteiger partial charge in [-0.05, 0) is 48.5 Å². The molecule has 0 aliphatic carbocycles. The van der Waals surface area contributed by atoms with Gasteiger partial charge >= 0.3 is 0 Å². The zero-order valence-electron chi connectivity index (χ0n) is 16.9. The largest absolute Gasteiger partial charge is 0.495 e. The van der Waals surface area contributed by atoms with Crippen LogP contribution in [0.4, 0.5) is 11.4 Å². The van der Waals surface area contributed by atoms with Crippen LogP contribution < -0.4 is 24.2 Å². The summed E-state index contributed by atoms with van der Waals surface area (Å²) in [5, 5.41) is 3.08. The van der Waals surface area contributed by atoms with E-state index in [4.69, 9.17) is 25.8 Å². The second-order valence-corrected chi connectivity index (χ2v) is 8.91. The second kappa shape index (κ2) is 8.97. The number of rotatable bonds is 6. The van der Waals surface area contributed by atoms with Gasteiger partial charge in [0.25, 0.3) is 15.9 Å². The number of sulfonamides is 1. The third-order valence-corrected chi connectivity index (χ3v) is 6.22. The molecule has 4 rings (SSSR count). The Morgan fingerprint density at radius 2 is 1.78 bits per heavy atom. The minimum Gasteiger partial charge on any atom is -0.495 e. The maximum atomic E-state index is 13.0. The predicted octanol–water partition coefficient (Wildman–Crippen LogP) is 4.17. The topological polar surface area (TPSA) is 103 Å². The van der Waals surface area contributed by atoms with Crippen LogP contribution in [0.1, 0.15) is 10.4 Å². The molecule has 0 bridgehead atoms. The zero-order valence-corrected chi connectivity index (χ0v) is 18.5. The number of fused-ring (bicyclic) bond motifs is 1. The van der Waals surface area contributed by atoms with Crippen molar-refractivity contribution in [2.75, 3.05) is 30.4 Å². The minimum absolute atomic E-state index is 0.0606. The third kappa shape index (κ3) is 4.74. The number of hydrogen-bond donors (Lipinski definition) is 2. The lowest BCUT2D eigenvalue weighted by Crippen LogP contribution is -2.17. The van der Waals surface area contributed by atoms with E-state index < -0.39 is 15.9 Å². The maximum Gasteiger partial charge on any atom is 0.261 e. The van der Waals surface area contributed by atoms with Gasteiger partial charge in [-0.3, -0.25) is 9.52 Å². The van der Waals surface area contributed by atoms with E-state index in [2.05, 4.69) is 10.0 Å². The summed E-state index contributed by atoms with van der Waals surface area (Å²) in [4.78, 5) is 12.5. The van der Waals surface area contributed by atoms with Crippen LogP contribution in [0.3, 0.4) is 0 Å². The molecule has 1 heterocycles. The average molecular weight is 475 g/mol. The quantitative estimate of drug-likeness (QED) is 0.555. The number of amides is 1. The maximum absolute atomic E-state index is 13.0. The molecule has 0 atom stereocenters. The van der Waals surface area contributed by atoms with Crippen LogP contribution in [-0.4, -0.2) is 34.6 Å². The van der Waals surface area contributed by atoms with Gasteiger partial charge in [-0.1, -0.05) is 17.7 Å². The van der Waals surface area contributed by atoms with Crippen LogP contribution in [0, 0.1) is 0 Å². The van der Waals surface area contributed by atoms with Crippen LogP contribution in [-0.2, 0) is 10.0 Å². The molecule has 3 aromatic carbocycles. The highest BCUT2D eigenvalue weighted by molar-refractivity contribution is 7.92. The molecule has 0 radical (unpaired) electrons. The van der Waals surface area contributed by atoms with Crippen LogP contribution >= 0.6 is 11.6 Å². The van der Waals surface area contributed by atoms with E-state index in [0.717, 1.165) is 0 Å². The van der Waals surface area contributed by atoms with Gasteiger partial charge in [0.15, 0.2) is 11.5 Å². The standard InChI is InChI=1S/C22H19ClN2O6S/c1-29-19-8-6-17(13-18(19)24-22(26)14-3-2-4-15(23)11-14)32(27,28)25-16-5-7-20-21(12-16)31-10-9-30-20/h2-8,11-13,25H,9-10H2,1H3,(H,24,26). The predicted molar refractivity (Wildman–Crippen MR) is 121 cm³/mol. The molecule has 166 valence electrons. The highest BCUT2D eigenvalue weighted by Crippen LogP contribution is 2.34. The van der Waals surface area contributed by atoms with E-state index in [1.807, 2.05) is 0 Å². The molecule has 8 nitrogen and oxygen atoms in total. The number of ether oxygens (including phenoxy) is 3. The van der Waals surface area contributed by atoms with Crippen molar-refractivity contribution in [3.8, 4) is 17.2 Å². The molecule has 1 aliphatic heterocycles. The molecule has 0 spiro atoms. The van der Waals surface area contributed by atoms with Crippen molar-refractivity contribution in [2.45, 2.75) is 4.90 Å². The molecule has 0 aromatic heterocycles. The van der Waals surface area contributed by atoms with Gasteiger partial charge in [0.1, 0.15) is 19.0 Å². The van der Waals surface area contributed by atoms with Crippen molar-refractivity contribution < 1.29 is 27.4 Å². The van der Waals surface area contributed by atoms with Gasteiger partial charge in [-0.25, -0.2) is 8.42 Å². The van der Waals surface area contributed by atoms with Crippen molar-refractivity contribution in [3.05, 3.63) is 71.2 Å². The Kier molecular flexibility index (Phi) is 6.11. The van der Waals surface area contributed by atoms with E-state index in [-0.39, 0.29) is 10.6 Å². The van der Waals surface area contributed by atoms with Crippen molar-refractivity contribution in [3.63, 3.8) is 0 Å². The number of anilines is 2. The fraction of sp³-hybridized carbons (Fsp3) is 0.136. The molecule has 1 aliphatic rings. The number of carbonyl (C=O) groups excluding carboxylic acids is 1. The van der Waals surface area contributed by atoms with Crippen LogP contribution in [0.25, 0.3) is 0 Å². The Hall–Kier alpha value is -3.43. The Morgan fingerprint density at radius 3 is 2.53 bits per heavy atom. The third-order valence-electron chi connectivity index (χ3n) is 4.61. The minimum atomic E-state index is -3.97. The van der Waals surface area contributed by atoms with Gasteiger partial charge in [0.05, 0.1) is 23.4 Å². The molecule has 10 heteroatoms. The fourth-order valence-electron chi connectivity index (χ4n) is 3.10. The van der Waals surface area contributed by atoms with Crippen molar-refractivity contribution in [2.24, 2.45) is 0 Å². The lowest BCUT2D eigenvalue weighted by molar-refractivity contribution is 0.102. The average Bonchev–Trinajstić information content (AvgIpc) is 2.78. The smallest absolute Gasteiger partial charge is 0.261 e. The summed E-state index contributed by atoms with van der Waals surface area (Å²) in [6.45, 7) is 0.824. The SMILES string of the molecule is COc1ccc(S(=O)(=O)Nc2ccc3c(c2)OCCO3)cc1NC(=O)c1cccc(Cl)c1. The summed E-state index contributed by atoms with van der Waals surface area (Å²) in [7, 11) is -2.55. The first kappa shape index (κ1) is 21.8. The first-order valence-corrected chi connectivity index (χ1v) is 11.4. The summed E-state index contributed by atoms with van der Waals surface area (Å²) in [5.74, 6) is 0.856. The van der Waals surface area contributed by atoms with Crippen molar-refractivity contribution in [1.29, 1.82) is 0 Å². The Labute approximate surface area is 190 Å². The number of methoxy groups -OCH3 is 1. The fourth-order valence-corrected chi connectivity index (χ4v) is 4.36. The number of carbonyl (C=O) groups is 1. The molecule has 3 aromatic rings. The van der Waals surface area contributed by atoms with Crippen molar-refractivity contribution >= 4 is 38.9 Å². The van der Waals surface area contributed by atoms with Gasteiger partial charge < -0.3 is 19.5 Å². The number of benzene rings is 3. The lowest BCUT2D eigenvalue weighted by atomic mass is 10.2. The molecule has 0 saturated carbocycles. The van der Waals surface area contributed by atoms with E-state index in [1.165, 1.54) is 31.4 Å². The zero-order chi connectivity index (χ0) is 22.7. The molecular formula is C22H19ClN2O6S. The molecule has 2 N–H and O–H groups in total. The molecule has 1 amide bonds. The summed E-state index contributed by atoms with van der Waals surface area (Å²) >= 11 is 5.95. The summed E-state index contributed by atoms with van der Waals surface area (Å²) in [6, 6.07) is 15.3. The highest BCUT2D eigenvalue weighted by Gasteiger charge is 2.20. The molecule has 0 fully saturated rings. The van der Waals surface area contributed by atoms with Crippen molar-refractivity contribution in [1.82, 2.24) is 0 Å². The molecule has 32 heavy (non-hydrogen) atoms. The van der Waals surface area contributed by atoms with Crippen LogP contribution in [0.2, 0.25) is 5.02 Å². The van der Waals surface area contributed by atoms with E-state index in [0.29, 0.717) is 46.7 Å². The molecular weight excluding hydrogens is 456 g/mol. The Bertz CT molecular complexity index is 1280. The monoisotopic (exact) mass is 474 g/mol. The lowest BCUT2D eigenvalue weighted by Gasteiger charge is -2.19. The number of hydrogen-bond acceptors (Lipinski definition) is 6. The second-order valence-electron chi connectivity index (χ2n) is 6.79. The van der Waals surface area contributed by atoms with Crippen LogP contribution in [0.5, 0.6) is 17.2 Å². The Balaban J connectivity index is 1.60. The number of nitrogens with one attached hydrogen (secondary N) is 2. The first-order chi connectivity index (χ1) is 15.4. The van der Waals surface area contributed by atoms with E-state index in [9.17, 15) is 13.2 Å². The number of halogens is 1. The van der Waals surface area contributed by atoms with Gasteiger partial charge in [-0.2, -0.15) is 0 Å². The normalized spacial score (nSPS) is 12.7. The molecule has 0 saturated heterocycles.